The minimum atomic E-state index is 0.225. The molecule has 3 rings (SSSR count). The highest BCUT2D eigenvalue weighted by molar-refractivity contribution is 7.99. The quantitative estimate of drug-likeness (QED) is 0.641. The Labute approximate surface area is 170 Å². The van der Waals surface area contributed by atoms with Crippen LogP contribution in [0.3, 0.4) is 0 Å². The number of carbonyl (C=O) groups is 1. The molecule has 1 aliphatic heterocycles. The molecule has 0 bridgehead atoms. The van der Waals surface area contributed by atoms with Crippen LogP contribution in [0, 0.1) is 6.92 Å². The Morgan fingerprint density at radius 3 is 2.41 bits per heavy atom. The summed E-state index contributed by atoms with van der Waals surface area (Å²) in [5.74, 6) is 2.42. The van der Waals surface area contributed by atoms with Gasteiger partial charge in [0.25, 0.3) is 0 Å². The smallest absolute Gasteiger partial charge is 0.233 e. The molecule has 27 heavy (non-hydrogen) atoms. The van der Waals surface area contributed by atoms with Crippen molar-refractivity contribution in [3.63, 3.8) is 0 Å². The predicted octanol–water partition coefficient (Wildman–Crippen LogP) is 4.39. The summed E-state index contributed by atoms with van der Waals surface area (Å²) in [4.78, 5) is 15.8. The van der Waals surface area contributed by atoms with Gasteiger partial charge in [-0.15, -0.1) is 22.0 Å². The number of likely N-dealkylation sites (tertiary alicyclic amines) is 1. The van der Waals surface area contributed by atoms with E-state index in [-0.39, 0.29) is 5.91 Å². The number of amides is 1. The lowest BCUT2D eigenvalue weighted by Crippen LogP contribution is -2.33. The van der Waals surface area contributed by atoms with Crippen molar-refractivity contribution in [3.05, 3.63) is 35.7 Å². The molecule has 1 amide bonds. The number of hydrogen-bond acceptors (Lipinski definition) is 5. The van der Waals surface area contributed by atoms with Crippen molar-refractivity contribution in [3.8, 4) is 0 Å². The van der Waals surface area contributed by atoms with Gasteiger partial charge in [-0.25, -0.2) is 0 Å². The van der Waals surface area contributed by atoms with Crippen LogP contribution in [0.1, 0.15) is 44.0 Å². The predicted molar refractivity (Wildman–Crippen MR) is 112 cm³/mol. The molecule has 7 heteroatoms. The minimum Gasteiger partial charge on any atom is -0.342 e. The number of rotatable bonds is 7. The van der Waals surface area contributed by atoms with Gasteiger partial charge in [-0.3, -0.25) is 4.79 Å². The normalized spacial score (nSPS) is 15.0. The van der Waals surface area contributed by atoms with E-state index in [1.807, 2.05) is 4.90 Å². The summed E-state index contributed by atoms with van der Waals surface area (Å²) in [5, 5.41) is 9.56. The lowest BCUT2D eigenvalue weighted by Gasteiger charge is -2.19. The van der Waals surface area contributed by atoms with Gasteiger partial charge >= 0.3 is 0 Å². The first-order chi connectivity index (χ1) is 13.2. The largest absolute Gasteiger partial charge is 0.342 e. The topological polar surface area (TPSA) is 51.0 Å². The van der Waals surface area contributed by atoms with E-state index >= 15 is 0 Å². The highest BCUT2D eigenvalue weighted by atomic mass is 32.2. The second-order valence-corrected chi connectivity index (χ2v) is 8.82. The summed E-state index contributed by atoms with van der Waals surface area (Å²) >= 11 is 3.28. The average Bonchev–Trinajstić information content (AvgIpc) is 2.88. The number of carbonyl (C=O) groups excluding carboxylic acids is 1. The summed E-state index contributed by atoms with van der Waals surface area (Å²) in [6, 6.07) is 8.54. The van der Waals surface area contributed by atoms with Crippen molar-refractivity contribution in [2.24, 2.45) is 0 Å². The van der Waals surface area contributed by atoms with E-state index in [4.69, 9.17) is 0 Å². The molecule has 2 heterocycles. The third-order valence-electron chi connectivity index (χ3n) is 4.78. The first-order valence-electron chi connectivity index (χ1n) is 9.69. The zero-order chi connectivity index (χ0) is 19.1. The lowest BCUT2D eigenvalue weighted by molar-refractivity contribution is -0.128. The average molecular weight is 405 g/mol. The third-order valence-corrected chi connectivity index (χ3v) is 6.74. The Balaban J connectivity index is 1.56. The number of aryl methyl sites for hydroxylation is 1. The van der Waals surface area contributed by atoms with Crippen LogP contribution in [0.15, 0.2) is 34.3 Å². The molecule has 0 spiro atoms. The SMILES string of the molecule is CCn1c(CSc2ccc(C)cc2)nnc1SCC(=O)N1CCCCCC1. The molecule has 1 aromatic heterocycles. The Morgan fingerprint density at radius 1 is 1.04 bits per heavy atom. The lowest BCUT2D eigenvalue weighted by atomic mass is 10.2. The number of hydrogen-bond donors (Lipinski definition) is 0. The van der Waals surface area contributed by atoms with Crippen LogP contribution in [-0.2, 0) is 17.1 Å². The molecule has 0 saturated carbocycles. The Morgan fingerprint density at radius 2 is 1.74 bits per heavy atom. The molecule has 0 aliphatic carbocycles. The second kappa shape index (κ2) is 10.2. The van der Waals surface area contributed by atoms with E-state index in [1.165, 1.54) is 35.1 Å². The Hall–Kier alpha value is -1.47. The van der Waals surface area contributed by atoms with Crippen LogP contribution >= 0.6 is 23.5 Å². The number of thioether (sulfide) groups is 2. The zero-order valence-electron chi connectivity index (χ0n) is 16.2. The number of nitrogens with zero attached hydrogens (tertiary/aromatic N) is 4. The van der Waals surface area contributed by atoms with Gasteiger partial charge in [0.15, 0.2) is 5.16 Å². The van der Waals surface area contributed by atoms with Crippen LogP contribution < -0.4 is 0 Å². The highest BCUT2D eigenvalue weighted by Crippen LogP contribution is 2.25. The van der Waals surface area contributed by atoms with Crippen LogP contribution in [0.2, 0.25) is 0 Å². The van der Waals surface area contributed by atoms with Crippen LogP contribution in [0.5, 0.6) is 0 Å². The van der Waals surface area contributed by atoms with Gasteiger partial charge in [0.05, 0.1) is 11.5 Å². The molecule has 2 aromatic rings. The van der Waals surface area contributed by atoms with E-state index < -0.39 is 0 Å². The van der Waals surface area contributed by atoms with Gasteiger partial charge in [-0.05, 0) is 38.8 Å². The Kier molecular flexibility index (Phi) is 7.64. The van der Waals surface area contributed by atoms with Gasteiger partial charge in [-0.1, -0.05) is 42.3 Å². The summed E-state index contributed by atoms with van der Waals surface area (Å²) in [7, 11) is 0. The van der Waals surface area contributed by atoms with Crippen molar-refractivity contribution in [2.45, 2.75) is 61.9 Å². The maximum atomic E-state index is 12.5. The first-order valence-corrected chi connectivity index (χ1v) is 11.7. The minimum absolute atomic E-state index is 0.225. The van der Waals surface area contributed by atoms with Gasteiger partial charge in [0.1, 0.15) is 5.82 Å². The third kappa shape index (κ3) is 5.75. The van der Waals surface area contributed by atoms with Gasteiger partial charge < -0.3 is 9.47 Å². The van der Waals surface area contributed by atoms with E-state index in [2.05, 4.69) is 52.9 Å². The molecule has 5 nitrogen and oxygen atoms in total. The molecule has 0 N–H and O–H groups in total. The summed E-state index contributed by atoms with van der Waals surface area (Å²) < 4.78 is 2.13. The van der Waals surface area contributed by atoms with Crippen molar-refractivity contribution < 1.29 is 4.79 Å². The molecular weight excluding hydrogens is 376 g/mol. The van der Waals surface area contributed by atoms with Crippen LogP contribution in [0.4, 0.5) is 0 Å². The molecule has 0 atom stereocenters. The van der Waals surface area contributed by atoms with E-state index in [9.17, 15) is 4.79 Å². The zero-order valence-corrected chi connectivity index (χ0v) is 17.8. The molecule has 1 fully saturated rings. The summed E-state index contributed by atoms with van der Waals surface area (Å²) in [6.07, 6.45) is 4.73. The Bertz CT molecular complexity index is 737. The monoisotopic (exact) mass is 404 g/mol. The van der Waals surface area contributed by atoms with Gasteiger partial charge in [0.2, 0.25) is 5.91 Å². The maximum Gasteiger partial charge on any atom is 0.233 e. The van der Waals surface area contributed by atoms with Crippen LogP contribution in [-0.4, -0.2) is 44.4 Å². The molecule has 1 aromatic carbocycles. The summed E-state index contributed by atoms with van der Waals surface area (Å²) in [5.41, 5.74) is 1.27. The van der Waals surface area contributed by atoms with E-state index in [0.717, 1.165) is 49.2 Å². The molecule has 0 radical (unpaired) electrons. The number of benzene rings is 1. The second-order valence-electron chi connectivity index (χ2n) is 6.83. The maximum absolute atomic E-state index is 12.5. The fraction of sp³-hybridized carbons (Fsp3) is 0.550. The molecule has 1 aliphatic rings. The first kappa shape index (κ1) is 20.3. The standard InChI is InChI=1S/C20H28N4OS2/c1-3-24-18(14-26-17-10-8-16(2)9-11-17)21-22-20(24)27-15-19(25)23-12-6-4-5-7-13-23/h8-11H,3-7,12-15H2,1-2H3. The van der Waals surface area contributed by atoms with E-state index in [1.54, 1.807) is 11.8 Å². The van der Waals surface area contributed by atoms with Crippen LogP contribution in [0.25, 0.3) is 0 Å². The van der Waals surface area contributed by atoms with Crippen molar-refractivity contribution >= 4 is 29.4 Å². The van der Waals surface area contributed by atoms with Crippen molar-refractivity contribution in [1.29, 1.82) is 0 Å². The van der Waals surface area contributed by atoms with Gasteiger partial charge in [-0.2, -0.15) is 0 Å². The molecule has 1 saturated heterocycles. The van der Waals surface area contributed by atoms with Crippen molar-refractivity contribution in [1.82, 2.24) is 19.7 Å². The highest BCUT2D eigenvalue weighted by Gasteiger charge is 2.18. The van der Waals surface area contributed by atoms with Gasteiger partial charge in [0, 0.05) is 24.5 Å². The summed E-state index contributed by atoms with van der Waals surface area (Å²) in [6.45, 7) is 6.82. The molecule has 0 unspecified atom stereocenters. The molecule has 146 valence electrons. The fourth-order valence-electron chi connectivity index (χ4n) is 3.17. The fourth-order valence-corrected chi connectivity index (χ4v) is 4.93. The molecular formula is C20H28N4OS2. The van der Waals surface area contributed by atoms with E-state index in [0.29, 0.717) is 5.75 Å². The van der Waals surface area contributed by atoms with Crippen molar-refractivity contribution in [2.75, 3.05) is 18.8 Å². The number of aromatic nitrogens is 3.